The van der Waals surface area contributed by atoms with E-state index in [1.54, 1.807) is 12.3 Å². The Balaban J connectivity index is 2.79. The molecular weight excluding hydrogens is 191 g/mol. The van der Waals surface area contributed by atoms with Crippen molar-refractivity contribution in [3.8, 4) is 0 Å². The van der Waals surface area contributed by atoms with Gasteiger partial charge in [-0.1, -0.05) is 6.08 Å². The molecule has 0 heterocycles. The second-order valence-corrected chi connectivity index (χ2v) is 2.72. The lowest BCUT2D eigenvalue weighted by atomic mass is 10.2. The highest BCUT2D eigenvalue weighted by Crippen LogP contribution is 2.29. The summed E-state index contributed by atoms with van der Waals surface area (Å²) in [5.41, 5.74) is -0.000344. The van der Waals surface area contributed by atoms with Gasteiger partial charge in [-0.05, 0) is 37.4 Å². The van der Waals surface area contributed by atoms with Crippen LogP contribution in [0.5, 0.6) is 0 Å². The van der Waals surface area contributed by atoms with E-state index < -0.39 is 11.7 Å². The zero-order valence-corrected chi connectivity index (χ0v) is 7.60. The molecule has 1 nitrogen and oxygen atoms in total. The molecule has 0 aliphatic rings. The minimum absolute atomic E-state index is 0.635. The average molecular weight is 201 g/mol. The van der Waals surface area contributed by atoms with Gasteiger partial charge >= 0.3 is 6.18 Å². The molecule has 0 saturated carbocycles. The first kappa shape index (κ1) is 10.6. The van der Waals surface area contributed by atoms with Crippen LogP contribution >= 0.6 is 0 Å². The van der Waals surface area contributed by atoms with Crippen molar-refractivity contribution in [1.29, 1.82) is 0 Å². The highest BCUT2D eigenvalue weighted by Gasteiger charge is 2.29. The first-order valence-corrected chi connectivity index (χ1v) is 4.09. The minimum atomic E-state index is -4.26. The topological polar surface area (TPSA) is 12.0 Å². The molecule has 0 radical (unpaired) electrons. The molecule has 1 aromatic carbocycles. The number of halogens is 3. The van der Waals surface area contributed by atoms with Gasteiger partial charge in [0.25, 0.3) is 0 Å². The summed E-state index contributed by atoms with van der Waals surface area (Å²) in [5, 5.41) is 2.83. The first-order valence-electron chi connectivity index (χ1n) is 4.09. The van der Waals surface area contributed by atoms with Crippen LogP contribution in [0.15, 0.2) is 36.5 Å². The van der Waals surface area contributed by atoms with Crippen molar-refractivity contribution in [3.05, 3.63) is 42.1 Å². The molecule has 0 unspecified atom stereocenters. The van der Waals surface area contributed by atoms with Crippen LogP contribution in [0.4, 0.5) is 18.9 Å². The molecule has 1 N–H and O–H groups in total. The van der Waals surface area contributed by atoms with Gasteiger partial charge in [0.2, 0.25) is 0 Å². The zero-order valence-electron chi connectivity index (χ0n) is 7.60. The van der Waals surface area contributed by atoms with E-state index >= 15 is 0 Å². The summed E-state index contributed by atoms with van der Waals surface area (Å²) in [6.07, 6.45) is -0.848. The largest absolute Gasteiger partial charge is 0.416 e. The Morgan fingerprint density at radius 1 is 1.14 bits per heavy atom. The van der Waals surface area contributed by atoms with Gasteiger partial charge in [-0.25, -0.2) is 0 Å². The lowest BCUT2D eigenvalue weighted by molar-refractivity contribution is -0.137. The van der Waals surface area contributed by atoms with Gasteiger partial charge in [0.05, 0.1) is 5.56 Å². The van der Waals surface area contributed by atoms with Gasteiger partial charge < -0.3 is 5.32 Å². The Morgan fingerprint density at radius 2 is 1.71 bits per heavy atom. The van der Waals surface area contributed by atoms with Gasteiger partial charge in [-0.3, -0.25) is 0 Å². The highest BCUT2D eigenvalue weighted by atomic mass is 19.4. The number of hydrogen-bond acceptors (Lipinski definition) is 1. The maximum atomic E-state index is 12.1. The number of nitrogens with one attached hydrogen (secondary N) is 1. The molecule has 0 amide bonds. The first-order chi connectivity index (χ1) is 6.54. The Labute approximate surface area is 80.2 Å². The van der Waals surface area contributed by atoms with E-state index in [1.165, 1.54) is 12.1 Å². The van der Waals surface area contributed by atoms with Crippen LogP contribution in [0.3, 0.4) is 0 Å². The van der Waals surface area contributed by atoms with Crippen LogP contribution in [0, 0.1) is 0 Å². The van der Waals surface area contributed by atoms with E-state index in [0.717, 1.165) is 12.1 Å². The SMILES string of the molecule is C/C=C/Nc1ccc(C(F)(F)F)cc1. The van der Waals surface area contributed by atoms with Crippen molar-refractivity contribution in [2.24, 2.45) is 0 Å². The molecule has 76 valence electrons. The van der Waals surface area contributed by atoms with E-state index in [1.807, 2.05) is 6.92 Å². The van der Waals surface area contributed by atoms with Crippen molar-refractivity contribution >= 4 is 5.69 Å². The highest BCUT2D eigenvalue weighted by molar-refractivity contribution is 5.47. The van der Waals surface area contributed by atoms with Crippen LogP contribution < -0.4 is 5.32 Å². The molecule has 0 bridgehead atoms. The third-order valence-corrected chi connectivity index (χ3v) is 1.63. The van der Waals surface area contributed by atoms with E-state index in [2.05, 4.69) is 5.32 Å². The monoisotopic (exact) mass is 201 g/mol. The van der Waals surface area contributed by atoms with Crippen LogP contribution in [0.25, 0.3) is 0 Å². The lowest BCUT2D eigenvalue weighted by Crippen LogP contribution is -2.04. The fourth-order valence-corrected chi connectivity index (χ4v) is 0.935. The Bertz CT molecular complexity index is 311. The Morgan fingerprint density at radius 3 is 2.14 bits per heavy atom. The lowest BCUT2D eigenvalue weighted by Gasteiger charge is -2.07. The van der Waals surface area contributed by atoms with Crippen molar-refractivity contribution < 1.29 is 13.2 Å². The van der Waals surface area contributed by atoms with Crippen molar-refractivity contribution in [2.75, 3.05) is 5.32 Å². The standard InChI is InChI=1S/C10H10F3N/c1-2-7-14-9-5-3-8(4-6-9)10(11,12)13/h2-7,14H,1H3/b7-2+. The van der Waals surface area contributed by atoms with Crippen LogP contribution in [0.2, 0.25) is 0 Å². The summed E-state index contributed by atoms with van der Waals surface area (Å²) in [6.45, 7) is 1.82. The van der Waals surface area contributed by atoms with Crippen LogP contribution in [0.1, 0.15) is 12.5 Å². The predicted octanol–water partition coefficient (Wildman–Crippen LogP) is 3.65. The van der Waals surface area contributed by atoms with E-state index in [0.29, 0.717) is 5.69 Å². The number of hydrogen-bond donors (Lipinski definition) is 1. The molecule has 0 aliphatic carbocycles. The van der Waals surface area contributed by atoms with E-state index in [9.17, 15) is 13.2 Å². The number of alkyl halides is 3. The number of allylic oxidation sites excluding steroid dienone is 1. The van der Waals surface area contributed by atoms with E-state index in [4.69, 9.17) is 0 Å². The molecular formula is C10H10F3N. The summed E-state index contributed by atoms with van der Waals surface area (Å²) in [4.78, 5) is 0. The summed E-state index contributed by atoms with van der Waals surface area (Å²) in [6, 6.07) is 4.88. The normalized spacial score (nSPS) is 12.0. The molecule has 14 heavy (non-hydrogen) atoms. The average Bonchev–Trinajstić information content (AvgIpc) is 2.14. The third kappa shape index (κ3) is 2.80. The van der Waals surface area contributed by atoms with Crippen LogP contribution in [-0.4, -0.2) is 0 Å². The minimum Gasteiger partial charge on any atom is -0.362 e. The molecule has 0 atom stereocenters. The fourth-order valence-electron chi connectivity index (χ4n) is 0.935. The third-order valence-electron chi connectivity index (χ3n) is 1.63. The fraction of sp³-hybridized carbons (Fsp3) is 0.200. The Kier molecular flexibility index (Phi) is 3.17. The summed E-state index contributed by atoms with van der Waals surface area (Å²) < 4.78 is 36.4. The van der Waals surface area contributed by atoms with Crippen molar-refractivity contribution in [3.63, 3.8) is 0 Å². The van der Waals surface area contributed by atoms with Gasteiger partial charge in [0, 0.05) is 5.69 Å². The van der Waals surface area contributed by atoms with Gasteiger partial charge in [0.15, 0.2) is 0 Å². The zero-order chi connectivity index (χ0) is 10.6. The van der Waals surface area contributed by atoms with Crippen molar-refractivity contribution in [2.45, 2.75) is 13.1 Å². The predicted molar refractivity (Wildman–Crippen MR) is 49.9 cm³/mol. The quantitative estimate of drug-likeness (QED) is 0.770. The molecule has 4 heteroatoms. The molecule has 1 aromatic rings. The maximum Gasteiger partial charge on any atom is 0.416 e. The number of benzene rings is 1. The van der Waals surface area contributed by atoms with Crippen molar-refractivity contribution in [1.82, 2.24) is 0 Å². The smallest absolute Gasteiger partial charge is 0.362 e. The van der Waals surface area contributed by atoms with Gasteiger partial charge in [-0.15, -0.1) is 0 Å². The number of rotatable bonds is 2. The molecule has 0 spiro atoms. The molecule has 0 fully saturated rings. The van der Waals surface area contributed by atoms with Gasteiger partial charge in [-0.2, -0.15) is 13.2 Å². The molecule has 0 saturated heterocycles. The van der Waals surface area contributed by atoms with E-state index in [-0.39, 0.29) is 0 Å². The van der Waals surface area contributed by atoms with Crippen LogP contribution in [-0.2, 0) is 6.18 Å². The molecule has 0 aromatic heterocycles. The maximum absolute atomic E-state index is 12.1. The summed E-state index contributed by atoms with van der Waals surface area (Å²) in [5.74, 6) is 0. The second kappa shape index (κ2) is 4.17. The second-order valence-electron chi connectivity index (χ2n) is 2.72. The molecule has 0 aliphatic heterocycles. The van der Waals surface area contributed by atoms with Gasteiger partial charge in [0.1, 0.15) is 0 Å². The summed E-state index contributed by atoms with van der Waals surface area (Å²) >= 11 is 0. The summed E-state index contributed by atoms with van der Waals surface area (Å²) in [7, 11) is 0. The Hall–Kier alpha value is -1.45. The molecule has 1 rings (SSSR count). The number of anilines is 1.